The minimum absolute atomic E-state index is 0.235. The maximum atomic E-state index is 5.90. The van der Waals surface area contributed by atoms with Gasteiger partial charge in [0.05, 0.1) is 5.52 Å². The Morgan fingerprint density at radius 2 is 2.12 bits per heavy atom. The quantitative estimate of drug-likeness (QED) is 0.652. The van der Waals surface area contributed by atoms with Crippen LogP contribution in [0.25, 0.3) is 10.9 Å². The molecular formula is C13H16ClN3. The van der Waals surface area contributed by atoms with Crippen LogP contribution in [0.4, 0.5) is 5.82 Å². The van der Waals surface area contributed by atoms with Gasteiger partial charge in [-0.25, -0.2) is 9.97 Å². The topological polar surface area (TPSA) is 37.8 Å². The Hall–Kier alpha value is -1.35. The molecule has 0 aliphatic rings. The van der Waals surface area contributed by atoms with E-state index in [1.54, 1.807) is 6.33 Å². The molecule has 1 heterocycles. The summed E-state index contributed by atoms with van der Waals surface area (Å²) >= 11 is 5.90. The third-order valence-electron chi connectivity index (χ3n) is 2.61. The molecule has 1 aromatic heterocycles. The number of para-hydroxylation sites is 1. The highest BCUT2D eigenvalue weighted by atomic mass is 35.5. The molecule has 0 aliphatic carbocycles. The number of halogens is 1. The third kappa shape index (κ3) is 3.30. The molecule has 17 heavy (non-hydrogen) atoms. The number of hydrogen-bond donors (Lipinski definition) is 1. The lowest BCUT2D eigenvalue weighted by molar-refractivity contribution is 0.749. The molecule has 2 aromatic rings. The van der Waals surface area contributed by atoms with E-state index >= 15 is 0 Å². The highest BCUT2D eigenvalue weighted by Gasteiger charge is 2.02. The van der Waals surface area contributed by atoms with Gasteiger partial charge in [0.25, 0.3) is 0 Å². The van der Waals surface area contributed by atoms with E-state index in [4.69, 9.17) is 11.6 Å². The standard InChI is InChI=1S/C13H16ClN3/c1-10(14)5-4-8-15-13-11-6-2-3-7-12(11)16-9-17-13/h2-3,6-7,9-10H,4-5,8H2,1H3,(H,15,16,17). The van der Waals surface area contributed by atoms with E-state index < -0.39 is 0 Å². The zero-order valence-corrected chi connectivity index (χ0v) is 10.6. The fourth-order valence-corrected chi connectivity index (χ4v) is 1.89. The minimum atomic E-state index is 0.235. The molecule has 2 rings (SSSR count). The number of hydrogen-bond acceptors (Lipinski definition) is 3. The van der Waals surface area contributed by atoms with Gasteiger partial charge in [-0.05, 0) is 31.9 Å². The molecule has 3 nitrogen and oxygen atoms in total. The molecule has 1 unspecified atom stereocenters. The van der Waals surface area contributed by atoms with Crippen LogP contribution in [0.3, 0.4) is 0 Å². The molecule has 0 radical (unpaired) electrons. The molecule has 4 heteroatoms. The van der Waals surface area contributed by atoms with Gasteiger partial charge in [0, 0.05) is 17.3 Å². The first-order valence-electron chi connectivity index (χ1n) is 5.85. The van der Waals surface area contributed by atoms with Gasteiger partial charge in [-0.1, -0.05) is 12.1 Å². The second-order valence-electron chi connectivity index (χ2n) is 4.09. The second-order valence-corrected chi connectivity index (χ2v) is 4.83. The van der Waals surface area contributed by atoms with Crippen molar-refractivity contribution >= 4 is 28.3 Å². The van der Waals surface area contributed by atoms with Crippen LogP contribution < -0.4 is 5.32 Å². The molecule has 1 N–H and O–H groups in total. The average molecular weight is 250 g/mol. The van der Waals surface area contributed by atoms with Crippen LogP contribution >= 0.6 is 11.6 Å². The lowest BCUT2D eigenvalue weighted by atomic mass is 10.2. The first-order valence-corrected chi connectivity index (χ1v) is 6.28. The Morgan fingerprint density at radius 1 is 1.29 bits per heavy atom. The summed E-state index contributed by atoms with van der Waals surface area (Å²) in [5, 5.41) is 4.63. The number of nitrogens with zero attached hydrogens (tertiary/aromatic N) is 2. The van der Waals surface area contributed by atoms with E-state index in [1.165, 1.54) is 0 Å². The Balaban J connectivity index is 2.03. The van der Waals surface area contributed by atoms with Crippen LogP contribution in [-0.4, -0.2) is 21.9 Å². The zero-order valence-electron chi connectivity index (χ0n) is 9.86. The van der Waals surface area contributed by atoms with Gasteiger partial charge in [-0.2, -0.15) is 0 Å². The normalized spacial score (nSPS) is 12.6. The van der Waals surface area contributed by atoms with E-state index in [2.05, 4.69) is 15.3 Å². The number of nitrogens with one attached hydrogen (secondary N) is 1. The van der Waals surface area contributed by atoms with Gasteiger partial charge in [-0.15, -0.1) is 11.6 Å². The summed E-state index contributed by atoms with van der Waals surface area (Å²) in [4.78, 5) is 8.49. The Bertz CT molecular complexity index is 480. The number of benzene rings is 1. The molecule has 0 spiro atoms. The van der Waals surface area contributed by atoms with Crippen LogP contribution in [0.1, 0.15) is 19.8 Å². The SMILES string of the molecule is CC(Cl)CCCNc1ncnc2ccccc12. The molecule has 0 fully saturated rings. The molecule has 0 bridgehead atoms. The summed E-state index contributed by atoms with van der Waals surface area (Å²) in [5.74, 6) is 0.901. The summed E-state index contributed by atoms with van der Waals surface area (Å²) in [6, 6.07) is 8.00. The number of alkyl halides is 1. The van der Waals surface area contributed by atoms with E-state index in [9.17, 15) is 0 Å². The number of fused-ring (bicyclic) bond motifs is 1. The summed E-state index contributed by atoms with van der Waals surface area (Å²) in [6.07, 6.45) is 3.65. The minimum Gasteiger partial charge on any atom is -0.369 e. The van der Waals surface area contributed by atoms with Gasteiger partial charge in [0.1, 0.15) is 12.1 Å². The van der Waals surface area contributed by atoms with Crippen molar-refractivity contribution < 1.29 is 0 Å². The summed E-state index contributed by atoms with van der Waals surface area (Å²) in [6.45, 7) is 2.90. The molecular weight excluding hydrogens is 234 g/mol. The van der Waals surface area contributed by atoms with Gasteiger partial charge >= 0.3 is 0 Å². The first-order chi connectivity index (χ1) is 8.27. The van der Waals surface area contributed by atoms with Gasteiger partial charge in [0.15, 0.2) is 0 Å². The first kappa shape index (κ1) is 12.1. The van der Waals surface area contributed by atoms with E-state index in [0.717, 1.165) is 36.1 Å². The van der Waals surface area contributed by atoms with Crippen LogP contribution in [0.5, 0.6) is 0 Å². The van der Waals surface area contributed by atoms with E-state index in [1.807, 2.05) is 31.2 Å². The third-order valence-corrected chi connectivity index (χ3v) is 2.83. The monoisotopic (exact) mass is 249 g/mol. The predicted octanol–water partition coefficient (Wildman–Crippen LogP) is 3.45. The van der Waals surface area contributed by atoms with Crippen LogP contribution in [-0.2, 0) is 0 Å². The lowest BCUT2D eigenvalue weighted by Gasteiger charge is -2.08. The van der Waals surface area contributed by atoms with Crippen LogP contribution in [0.2, 0.25) is 0 Å². The largest absolute Gasteiger partial charge is 0.369 e. The average Bonchev–Trinajstić information content (AvgIpc) is 2.34. The van der Waals surface area contributed by atoms with Crippen molar-refractivity contribution in [1.82, 2.24) is 9.97 Å². The molecule has 0 amide bonds. The van der Waals surface area contributed by atoms with Crippen molar-refractivity contribution in [3.8, 4) is 0 Å². The van der Waals surface area contributed by atoms with E-state index in [-0.39, 0.29) is 5.38 Å². The van der Waals surface area contributed by atoms with Crippen molar-refractivity contribution in [3.63, 3.8) is 0 Å². The summed E-state index contributed by atoms with van der Waals surface area (Å²) in [5.41, 5.74) is 0.968. The van der Waals surface area contributed by atoms with Crippen molar-refractivity contribution in [1.29, 1.82) is 0 Å². The van der Waals surface area contributed by atoms with Crippen molar-refractivity contribution in [3.05, 3.63) is 30.6 Å². The number of anilines is 1. The second kappa shape index (κ2) is 5.82. The van der Waals surface area contributed by atoms with E-state index in [0.29, 0.717) is 0 Å². The molecule has 1 atom stereocenters. The van der Waals surface area contributed by atoms with Crippen LogP contribution in [0, 0.1) is 0 Å². The highest BCUT2D eigenvalue weighted by Crippen LogP contribution is 2.18. The van der Waals surface area contributed by atoms with Crippen molar-refractivity contribution in [2.24, 2.45) is 0 Å². The van der Waals surface area contributed by atoms with Gasteiger partial charge in [0.2, 0.25) is 0 Å². The zero-order chi connectivity index (χ0) is 12.1. The van der Waals surface area contributed by atoms with Crippen LogP contribution in [0.15, 0.2) is 30.6 Å². The van der Waals surface area contributed by atoms with Gasteiger partial charge in [-0.3, -0.25) is 0 Å². The molecule has 1 aromatic carbocycles. The fraction of sp³-hybridized carbons (Fsp3) is 0.385. The predicted molar refractivity (Wildman–Crippen MR) is 72.6 cm³/mol. The summed E-state index contributed by atoms with van der Waals surface area (Å²) in [7, 11) is 0. The highest BCUT2D eigenvalue weighted by molar-refractivity contribution is 6.20. The molecule has 0 saturated heterocycles. The Morgan fingerprint density at radius 3 is 2.94 bits per heavy atom. The lowest BCUT2D eigenvalue weighted by Crippen LogP contribution is -2.06. The Labute approximate surface area is 106 Å². The fourth-order valence-electron chi connectivity index (χ4n) is 1.74. The molecule has 0 aliphatic heterocycles. The van der Waals surface area contributed by atoms with Gasteiger partial charge < -0.3 is 5.32 Å². The molecule has 90 valence electrons. The summed E-state index contributed by atoms with van der Waals surface area (Å²) < 4.78 is 0. The Kier molecular flexibility index (Phi) is 4.15. The maximum Gasteiger partial charge on any atom is 0.137 e. The van der Waals surface area contributed by atoms with Crippen molar-refractivity contribution in [2.45, 2.75) is 25.1 Å². The number of rotatable bonds is 5. The van der Waals surface area contributed by atoms with Crippen molar-refractivity contribution in [2.75, 3.05) is 11.9 Å². The number of aromatic nitrogens is 2. The maximum absolute atomic E-state index is 5.90. The smallest absolute Gasteiger partial charge is 0.137 e. The molecule has 0 saturated carbocycles.